The second-order valence-corrected chi connectivity index (χ2v) is 10.8. The van der Waals surface area contributed by atoms with E-state index in [1.165, 1.54) is 18.7 Å². The van der Waals surface area contributed by atoms with E-state index in [4.69, 9.17) is 0 Å². The van der Waals surface area contributed by atoms with Crippen LogP contribution >= 0.6 is 27.7 Å². The van der Waals surface area contributed by atoms with Gasteiger partial charge in [0, 0.05) is 31.9 Å². The number of carbonyl (C=O) groups is 4. The molecule has 0 heterocycles. The van der Waals surface area contributed by atoms with E-state index in [-0.39, 0.29) is 23.1 Å². The average molecular weight is 629 g/mol. The number of thioether (sulfide) groups is 1. The standard InChI is InChI=1S/C32H26BrN3O4S/c1-21(37)23-13-15-26(16-14-23)34-30(38)20-41-28-12-6-11-27(19-28)35-32(40)29(18-22-7-5-10-25(33)17-22)36-31(39)24-8-3-2-4-9-24/h2-19H,20H2,1H3,(H,34,38)(H,35,40)(H,36,39)/b29-18+. The number of hydrogen-bond donors (Lipinski definition) is 3. The zero-order chi connectivity index (χ0) is 29.2. The van der Waals surface area contributed by atoms with Crippen molar-refractivity contribution in [3.05, 3.63) is 130 Å². The Bertz CT molecular complexity index is 1610. The summed E-state index contributed by atoms with van der Waals surface area (Å²) in [7, 11) is 0. The molecule has 206 valence electrons. The number of hydrogen-bond acceptors (Lipinski definition) is 5. The van der Waals surface area contributed by atoms with Crippen LogP contribution in [-0.4, -0.2) is 29.3 Å². The van der Waals surface area contributed by atoms with Gasteiger partial charge in [0.1, 0.15) is 5.70 Å². The number of anilines is 2. The largest absolute Gasteiger partial charge is 0.325 e. The van der Waals surface area contributed by atoms with Crippen molar-refractivity contribution in [2.45, 2.75) is 11.8 Å². The van der Waals surface area contributed by atoms with E-state index in [1.807, 2.05) is 36.4 Å². The minimum atomic E-state index is -0.497. The van der Waals surface area contributed by atoms with Gasteiger partial charge in [0.2, 0.25) is 5.91 Å². The van der Waals surface area contributed by atoms with Gasteiger partial charge in [-0.3, -0.25) is 19.2 Å². The monoisotopic (exact) mass is 627 g/mol. The highest BCUT2D eigenvalue weighted by Gasteiger charge is 2.16. The molecule has 0 aliphatic carbocycles. The number of benzene rings is 4. The Hall–Kier alpha value is -4.47. The van der Waals surface area contributed by atoms with E-state index in [9.17, 15) is 19.2 Å². The summed E-state index contributed by atoms with van der Waals surface area (Å²) in [5.41, 5.74) is 2.91. The summed E-state index contributed by atoms with van der Waals surface area (Å²) in [6.07, 6.45) is 1.60. The molecule has 0 fully saturated rings. The predicted molar refractivity (Wildman–Crippen MR) is 167 cm³/mol. The normalized spacial score (nSPS) is 10.9. The first-order chi connectivity index (χ1) is 19.8. The van der Waals surface area contributed by atoms with E-state index < -0.39 is 11.8 Å². The molecule has 3 N–H and O–H groups in total. The van der Waals surface area contributed by atoms with Crippen LogP contribution in [0.1, 0.15) is 33.2 Å². The van der Waals surface area contributed by atoms with Crippen LogP contribution in [0.25, 0.3) is 6.08 Å². The molecule has 4 rings (SSSR count). The number of Topliss-reactive ketones (excluding diaryl/α,β-unsaturated/α-hetero) is 1. The molecule has 0 atom stereocenters. The maximum atomic E-state index is 13.3. The fourth-order valence-corrected chi connectivity index (χ4v) is 4.87. The molecule has 0 aliphatic heterocycles. The zero-order valence-corrected chi connectivity index (χ0v) is 24.4. The molecule has 0 saturated heterocycles. The molecule has 0 spiro atoms. The van der Waals surface area contributed by atoms with Crippen molar-refractivity contribution < 1.29 is 19.2 Å². The summed E-state index contributed by atoms with van der Waals surface area (Å²) in [5.74, 6) is -1.01. The average Bonchev–Trinajstić information content (AvgIpc) is 2.96. The molecule has 7 nitrogen and oxygen atoms in total. The molecule has 0 unspecified atom stereocenters. The van der Waals surface area contributed by atoms with E-state index in [1.54, 1.807) is 72.8 Å². The van der Waals surface area contributed by atoms with Crippen molar-refractivity contribution in [3.8, 4) is 0 Å². The van der Waals surface area contributed by atoms with E-state index >= 15 is 0 Å². The van der Waals surface area contributed by atoms with Crippen LogP contribution in [0.2, 0.25) is 0 Å². The first kappa shape index (κ1) is 29.5. The highest BCUT2D eigenvalue weighted by atomic mass is 79.9. The maximum Gasteiger partial charge on any atom is 0.272 e. The predicted octanol–water partition coefficient (Wildman–Crippen LogP) is 6.79. The third-order valence-corrected chi connectivity index (χ3v) is 7.21. The van der Waals surface area contributed by atoms with Gasteiger partial charge in [-0.15, -0.1) is 11.8 Å². The first-order valence-electron chi connectivity index (χ1n) is 12.6. The minimum Gasteiger partial charge on any atom is -0.325 e. The van der Waals surface area contributed by atoms with Gasteiger partial charge >= 0.3 is 0 Å². The summed E-state index contributed by atoms with van der Waals surface area (Å²) in [6.45, 7) is 1.49. The lowest BCUT2D eigenvalue weighted by atomic mass is 10.1. The van der Waals surface area contributed by atoms with Crippen molar-refractivity contribution >= 4 is 68.6 Å². The van der Waals surface area contributed by atoms with Gasteiger partial charge in [0.25, 0.3) is 11.8 Å². The van der Waals surface area contributed by atoms with Gasteiger partial charge < -0.3 is 16.0 Å². The summed E-state index contributed by atoms with van der Waals surface area (Å²) in [5, 5.41) is 8.37. The van der Waals surface area contributed by atoms with Crippen LogP contribution in [0.3, 0.4) is 0 Å². The number of amides is 3. The number of halogens is 1. The van der Waals surface area contributed by atoms with Gasteiger partial charge in [0.05, 0.1) is 5.75 Å². The second-order valence-electron chi connectivity index (χ2n) is 8.89. The number of carbonyl (C=O) groups excluding carboxylic acids is 4. The first-order valence-corrected chi connectivity index (χ1v) is 14.3. The molecule has 4 aromatic carbocycles. The van der Waals surface area contributed by atoms with Crippen molar-refractivity contribution in [3.63, 3.8) is 0 Å². The molecule has 0 aliphatic rings. The Morgan fingerprint density at radius 2 is 1.49 bits per heavy atom. The molecule has 0 radical (unpaired) electrons. The third kappa shape index (κ3) is 9.02. The van der Waals surface area contributed by atoms with Crippen molar-refractivity contribution in [1.82, 2.24) is 5.32 Å². The Balaban J connectivity index is 1.42. The summed E-state index contributed by atoms with van der Waals surface area (Å²) >= 11 is 4.74. The minimum absolute atomic E-state index is 0.0419. The van der Waals surface area contributed by atoms with Crippen LogP contribution in [0.15, 0.2) is 118 Å². The molecule has 3 amide bonds. The molecular weight excluding hydrogens is 602 g/mol. The van der Waals surface area contributed by atoms with Crippen LogP contribution in [0.5, 0.6) is 0 Å². The SMILES string of the molecule is CC(=O)c1ccc(NC(=O)CSc2cccc(NC(=O)/C(=C\c3cccc(Br)c3)NC(=O)c3ccccc3)c2)cc1. The Kier molecular flexibility index (Phi) is 10.3. The van der Waals surface area contributed by atoms with E-state index in [0.717, 1.165) is 14.9 Å². The lowest BCUT2D eigenvalue weighted by molar-refractivity contribution is -0.114. The Morgan fingerprint density at radius 3 is 2.20 bits per heavy atom. The maximum absolute atomic E-state index is 13.3. The fourth-order valence-electron chi connectivity index (χ4n) is 3.70. The third-order valence-electron chi connectivity index (χ3n) is 5.73. The van der Waals surface area contributed by atoms with Crippen molar-refractivity contribution in [2.24, 2.45) is 0 Å². The van der Waals surface area contributed by atoms with Crippen LogP contribution in [0.4, 0.5) is 11.4 Å². The topological polar surface area (TPSA) is 104 Å². The molecular formula is C32H26BrN3O4S. The Labute approximate surface area is 250 Å². The second kappa shape index (κ2) is 14.2. The zero-order valence-electron chi connectivity index (χ0n) is 22.0. The summed E-state index contributed by atoms with van der Waals surface area (Å²) < 4.78 is 0.835. The number of ketones is 1. The molecule has 4 aromatic rings. The van der Waals surface area contributed by atoms with Gasteiger partial charge in [-0.05, 0) is 85.3 Å². The smallest absolute Gasteiger partial charge is 0.272 e. The highest BCUT2D eigenvalue weighted by molar-refractivity contribution is 9.10. The lowest BCUT2D eigenvalue weighted by Gasteiger charge is -2.12. The molecule has 9 heteroatoms. The van der Waals surface area contributed by atoms with Crippen LogP contribution in [-0.2, 0) is 9.59 Å². The summed E-state index contributed by atoms with van der Waals surface area (Å²) in [4.78, 5) is 50.8. The van der Waals surface area contributed by atoms with Crippen molar-refractivity contribution in [1.29, 1.82) is 0 Å². The van der Waals surface area contributed by atoms with Gasteiger partial charge in [-0.25, -0.2) is 0 Å². The molecule has 0 saturated carbocycles. The van der Waals surface area contributed by atoms with E-state index in [0.29, 0.717) is 22.5 Å². The van der Waals surface area contributed by atoms with Crippen molar-refractivity contribution in [2.75, 3.05) is 16.4 Å². The highest BCUT2D eigenvalue weighted by Crippen LogP contribution is 2.23. The van der Waals surface area contributed by atoms with Gasteiger partial charge in [0.15, 0.2) is 5.78 Å². The van der Waals surface area contributed by atoms with E-state index in [2.05, 4.69) is 31.9 Å². The quantitative estimate of drug-likeness (QED) is 0.102. The lowest BCUT2D eigenvalue weighted by Crippen LogP contribution is -2.30. The number of rotatable bonds is 10. The fraction of sp³-hybridized carbons (Fsp3) is 0.0625. The van der Waals surface area contributed by atoms with Crippen LogP contribution in [0, 0.1) is 0 Å². The van der Waals surface area contributed by atoms with Crippen LogP contribution < -0.4 is 16.0 Å². The number of nitrogens with one attached hydrogen (secondary N) is 3. The Morgan fingerprint density at radius 1 is 0.756 bits per heavy atom. The summed E-state index contributed by atoms with van der Waals surface area (Å²) in [6, 6.07) is 29.8. The van der Waals surface area contributed by atoms with Gasteiger partial charge in [-0.2, -0.15) is 0 Å². The van der Waals surface area contributed by atoms with Gasteiger partial charge in [-0.1, -0.05) is 52.3 Å². The molecule has 0 bridgehead atoms. The molecule has 0 aromatic heterocycles. The molecule has 41 heavy (non-hydrogen) atoms.